The quantitative estimate of drug-likeness (QED) is 0.136. The second-order valence-electron chi connectivity index (χ2n) is 9.43. The van der Waals surface area contributed by atoms with E-state index in [9.17, 15) is 18.0 Å². The maximum atomic E-state index is 13.1. The van der Waals surface area contributed by atoms with Crippen LogP contribution in [-0.2, 0) is 25.4 Å². The van der Waals surface area contributed by atoms with E-state index in [1.165, 1.54) is 11.8 Å². The monoisotopic (exact) mass is 564 g/mol. The molecule has 9 N–H and O–H groups in total. The molecular weight excluding hydrogens is 528 g/mol. The van der Waals surface area contributed by atoms with Crippen molar-refractivity contribution in [2.75, 3.05) is 26.2 Å². The topological polar surface area (TPSA) is 207 Å². The minimum Gasteiger partial charge on any atom is -0.387 e. The highest BCUT2D eigenvalue weighted by Crippen LogP contribution is 2.31. The van der Waals surface area contributed by atoms with Gasteiger partial charge in [0.1, 0.15) is 11.9 Å². The van der Waals surface area contributed by atoms with E-state index in [2.05, 4.69) is 15.4 Å². The Morgan fingerprint density at radius 1 is 1.11 bits per heavy atom. The number of guanidine groups is 1. The van der Waals surface area contributed by atoms with Crippen LogP contribution in [0, 0.1) is 16.7 Å². The molecule has 2 amide bonds. The summed E-state index contributed by atoms with van der Waals surface area (Å²) in [6.07, 6.45) is 4.16. The van der Waals surface area contributed by atoms with E-state index < -0.39 is 27.9 Å². The van der Waals surface area contributed by atoms with Gasteiger partial charge in [-0.05, 0) is 37.2 Å². The first-order valence-corrected chi connectivity index (χ1v) is 14.9. The maximum absolute atomic E-state index is 13.1. The predicted molar refractivity (Wildman–Crippen MR) is 149 cm³/mol. The van der Waals surface area contributed by atoms with Crippen LogP contribution in [0.3, 0.4) is 0 Å². The molecule has 38 heavy (non-hydrogen) atoms. The number of allylic oxidation sites excluding steroid dienone is 1. The molecule has 1 unspecified atom stereocenters. The Kier molecular flexibility index (Phi) is 10.6. The number of benzene rings is 1. The standard InChI is InChI=1S/C24H36N8O4S2/c25-22(26)20-7-6-18(37-20)13-29-21(33)14-30-23(34)19(12-16-8-10-32(11-9-16)24(27)28)31-38(35,36)15-17-4-2-1-3-5-17/h1-6,16,19-20,31H,7-15H2,(H3,25,26)(H3,27,28)(H,29,33)(H,30,34)/t19-,20?/m1/s1. The lowest BCUT2D eigenvalue weighted by atomic mass is 9.90. The molecule has 2 aliphatic rings. The van der Waals surface area contributed by atoms with Gasteiger partial charge in [-0.3, -0.25) is 20.4 Å². The molecule has 1 fully saturated rings. The number of thioether (sulfide) groups is 1. The molecule has 0 aliphatic carbocycles. The van der Waals surface area contributed by atoms with Gasteiger partial charge in [-0.25, -0.2) is 13.1 Å². The van der Waals surface area contributed by atoms with Gasteiger partial charge in [0, 0.05) is 24.5 Å². The minimum atomic E-state index is -3.84. The first-order chi connectivity index (χ1) is 18.0. The van der Waals surface area contributed by atoms with Gasteiger partial charge >= 0.3 is 0 Å². The fourth-order valence-electron chi connectivity index (χ4n) is 4.36. The number of nitrogens with two attached hydrogens (primary N) is 2. The Labute approximate surface area is 227 Å². The van der Waals surface area contributed by atoms with E-state index in [4.69, 9.17) is 22.3 Å². The summed E-state index contributed by atoms with van der Waals surface area (Å²) in [5, 5.41) is 20.3. The minimum absolute atomic E-state index is 0.00380. The summed E-state index contributed by atoms with van der Waals surface area (Å²) in [5.41, 5.74) is 11.7. The van der Waals surface area contributed by atoms with Gasteiger partial charge in [-0.15, -0.1) is 11.8 Å². The highest BCUT2D eigenvalue weighted by molar-refractivity contribution is 8.04. The number of hydrogen-bond donors (Lipinski definition) is 7. The molecule has 1 aromatic rings. The summed E-state index contributed by atoms with van der Waals surface area (Å²) in [6, 6.07) is 7.64. The molecule has 2 heterocycles. The Balaban J connectivity index is 1.56. The number of amidine groups is 1. The summed E-state index contributed by atoms with van der Waals surface area (Å²) < 4.78 is 28.4. The van der Waals surface area contributed by atoms with Crippen molar-refractivity contribution in [3.05, 3.63) is 46.9 Å². The summed E-state index contributed by atoms with van der Waals surface area (Å²) >= 11 is 1.43. The van der Waals surface area contributed by atoms with Crippen LogP contribution in [-0.4, -0.2) is 74.4 Å². The summed E-state index contributed by atoms with van der Waals surface area (Å²) in [6.45, 7) is 1.09. The van der Waals surface area contributed by atoms with Crippen LogP contribution in [0.4, 0.5) is 0 Å². The Hall–Kier alpha value is -3.10. The molecule has 0 spiro atoms. The van der Waals surface area contributed by atoms with Crippen LogP contribution >= 0.6 is 11.8 Å². The molecule has 14 heteroatoms. The van der Waals surface area contributed by atoms with Crippen molar-refractivity contribution in [1.82, 2.24) is 20.3 Å². The molecule has 1 aromatic carbocycles. The Bertz CT molecular complexity index is 1150. The first-order valence-electron chi connectivity index (χ1n) is 12.4. The zero-order chi connectivity index (χ0) is 27.7. The van der Waals surface area contributed by atoms with Crippen LogP contribution in [0.1, 0.15) is 31.2 Å². The van der Waals surface area contributed by atoms with Gasteiger partial charge in [0.15, 0.2) is 5.96 Å². The van der Waals surface area contributed by atoms with E-state index in [1.54, 1.807) is 35.2 Å². The molecule has 0 saturated carbocycles. The number of carbonyl (C=O) groups is 2. The lowest BCUT2D eigenvalue weighted by Gasteiger charge is -2.33. The SMILES string of the molecule is N=C(N)C1CC=C(CNC(=O)CNC(=O)[C@@H](CC2CCN(C(=N)N)CC2)NS(=O)(=O)Cc2ccccc2)S1. The number of hydrogen-bond acceptors (Lipinski definition) is 7. The normalized spacial score (nSPS) is 18.9. The third-order valence-corrected chi connectivity index (χ3v) is 9.15. The van der Waals surface area contributed by atoms with Gasteiger partial charge in [-0.2, -0.15) is 0 Å². The molecule has 0 bridgehead atoms. The van der Waals surface area contributed by atoms with Gasteiger partial charge in [-0.1, -0.05) is 36.4 Å². The van der Waals surface area contributed by atoms with Crippen LogP contribution in [0.25, 0.3) is 0 Å². The predicted octanol–water partition coefficient (Wildman–Crippen LogP) is 0.0279. The summed E-state index contributed by atoms with van der Waals surface area (Å²) in [7, 11) is -3.84. The zero-order valence-corrected chi connectivity index (χ0v) is 22.7. The number of amides is 2. The van der Waals surface area contributed by atoms with Gasteiger partial charge < -0.3 is 27.0 Å². The molecular formula is C24H36N8O4S2. The third-order valence-electron chi connectivity index (χ3n) is 6.45. The van der Waals surface area contributed by atoms with Gasteiger partial charge in [0.2, 0.25) is 21.8 Å². The van der Waals surface area contributed by atoms with Crippen molar-refractivity contribution in [3.8, 4) is 0 Å². The maximum Gasteiger partial charge on any atom is 0.239 e. The Morgan fingerprint density at radius 2 is 1.79 bits per heavy atom. The van der Waals surface area contributed by atoms with Crippen LogP contribution in [0.5, 0.6) is 0 Å². The van der Waals surface area contributed by atoms with Crippen molar-refractivity contribution in [2.24, 2.45) is 17.4 Å². The average Bonchev–Trinajstić information content (AvgIpc) is 3.36. The average molecular weight is 565 g/mol. The fourth-order valence-corrected chi connectivity index (χ4v) is 6.75. The lowest BCUT2D eigenvalue weighted by Crippen LogP contribution is -2.51. The summed E-state index contributed by atoms with van der Waals surface area (Å²) in [5.74, 6) is -1.11. The number of piperidine rings is 1. The highest BCUT2D eigenvalue weighted by atomic mass is 32.2. The molecule has 2 atom stereocenters. The number of rotatable bonds is 12. The van der Waals surface area contributed by atoms with Gasteiger partial charge in [0.25, 0.3) is 0 Å². The number of nitrogens with one attached hydrogen (secondary N) is 5. The van der Waals surface area contributed by atoms with Gasteiger partial charge in [0.05, 0.1) is 17.5 Å². The number of sulfonamides is 1. The van der Waals surface area contributed by atoms with Crippen molar-refractivity contribution in [1.29, 1.82) is 10.8 Å². The Morgan fingerprint density at radius 3 is 2.39 bits per heavy atom. The second-order valence-corrected chi connectivity index (χ2v) is 12.5. The van der Waals surface area contributed by atoms with Crippen molar-refractivity contribution in [2.45, 2.75) is 42.7 Å². The molecule has 12 nitrogen and oxygen atoms in total. The van der Waals surface area contributed by atoms with E-state index in [0.717, 1.165) is 4.91 Å². The largest absolute Gasteiger partial charge is 0.387 e. The molecule has 2 aliphatic heterocycles. The summed E-state index contributed by atoms with van der Waals surface area (Å²) in [4.78, 5) is 28.1. The van der Waals surface area contributed by atoms with E-state index in [1.807, 2.05) is 6.08 Å². The zero-order valence-electron chi connectivity index (χ0n) is 21.1. The highest BCUT2D eigenvalue weighted by Gasteiger charge is 2.30. The van der Waals surface area contributed by atoms with Crippen molar-refractivity contribution >= 4 is 45.4 Å². The molecule has 208 valence electrons. The van der Waals surface area contributed by atoms with Crippen LogP contribution in [0.15, 0.2) is 41.3 Å². The molecule has 3 rings (SSSR count). The molecule has 0 radical (unpaired) electrons. The molecule has 1 saturated heterocycles. The first kappa shape index (κ1) is 29.5. The van der Waals surface area contributed by atoms with Crippen molar-refractivity contribution < 1.29 is 18.0 Å². The van der Waals surface area contributed by atoms with E-state index in [-0.39, 0.29) is 48.2 Å². The van der Waals surface area contributed by atoms with E-state index in [0.29, 0.717) is 37.9 Å². The third kappa shape index (κ3) is 9.33. The van der Waals surface area contributed by atoms with Crippen LogP contribution < -0.4 is 26.8 Å². The number of carbonyl (C=O) groups excluding carboxylic acids is 2. The number of nitrogens with zero attached hydrogens (tertiary/aromatic N) is 1. The smallest absolute Gasteiger partial charge is 0.239 e. The van der Waals surface area contributed by atoms with E-state index >= 15 is 0 Å². The van der Waals surface area contributed by atoms with Crippen molar-refractivity contribution in [3.63, 3.8) is 0 Å². The van der Waals surface area contributed by atoms with Crippen LogP contribution in [0.2, 0.25) is 0 Å². The lowest BCUT2D eigenvalue weighted by molar-refractivity contribution is -0.127. The fraction of sp³-hybridized carbons (Fsp3) is 0.500. The second kappa shape index (κ2) is 13.6. The number of likely N-dealkylation sites (tertiary alicyclic amines) is 1. The molecule has 0 aromatic heterocycles.